The van der Waals surface area contributed by atoms with Gasteiger partial charge in [0.1, 0.15) is 0 Å². The van der Waals surface area contributed by atoms with Crippen molar-refractivity contribution in [3.05, 3.63) is 12.2 Å². The van der Waals surface area contributed by atoms with Crippen LogP contribution in [0.2, 0.25) is 0 Å². The van der Waals surface area contributed by atoms with Gasteiger partial charge in [0.25, 0.3) is 0 Å². The molecular weight excluding hydrogens is 265 g/mol. The molecule has 7 heteroatoms. The maximum Gasteiger partial charge on any atom is 0.425 e. The second-order valence-electron chi connectivity index (χ2n) is 4.47. The highest BCUT2D eigenvalue weighted by atomic mass is 19.4. The number of rotatable bonds is 4. The summed E-state index contributed by atoms with van der Waals surface area (Å²) in [4.78, 5) is 21.3. The van der Waals surface area contributed by atoms with Crippen molar-refractivity contribution >= 4 is 11.9 Å². The number of carbonyl (C=O) groups excluding carboxylic acids is 1. The van der Waals surface area contributed by atoms with Gasteiger partial charge in [-0.3, -0.25) is 0 Å². The van der Waals surface area contributed by atoms with Gasteiger partial charge in [0.15, 0.2) is 6.10 Å². The van der Waals surface area contributed by atoms with Gasteiger partial charge in [-0.15, -0.1) is 0 Å². The fourth-order valence-electron chi connectivity index (χ4n) is 2.17. The summed E-state index contributed by atoms with van der Waals surface area (Å²) in [5.74, 6) is -3.44. The highest BCUT2D eigenvalue weighted by Gasteiger charge is 2.47. The van der Waals surface area contributed by atoms with Gasteiger partial charge in [-0.1, -0.05) is 19.3 Å². The van der Waals surface area contributed by atoms with Gasteiger partial charge in [0.05, 0.1) is 0 Å². The molecule has 1 aliphatic rings. The van der Waals surface area contributed by atoms with E-state index in [1.165, 1.54) is 0 Å². The van der Waals surface area contributed by atoms with Crippen LogP contribution in [0.3, 0.4) is 0 Å². The molecular formula is C12H15F3O4. The van der Waals surface area contributed by atoms with E-state index in [9.17, 15) is 22.8 Å². The number of ether oxygens (including phenoxy) is 1. The van der Waals surface area contributed by atoms with Gasteiger partial charge < -0.3 is 9.84 Å². The molecule has 0 spiro atoms. The predicted molar refractivity (Wildman–Crippen MR) is 59.3 cm³/mol. The highest BCUT2D eigenvalue weighted by molar-refractivity contribution is 5.90. The van der Waals surface area contributed by atoms with Crippen molar-refractivity contribution in [1.29, 1.82) is 0 Å². The quantitative estimate of drug-likeness (QED) is 0.635. The van der Waals surface area contributed by atoms with Gasteiger partial charge >= 0.3 is 18.1 Å². The molecule has 0 aromatic heterocycles. The highest BCUT2D eigenvalue weighted by Crippen LogP contribution is 2.36. The van der Waals surface area contributed by atoms with E-state index in [1.807, 2.05) is 0 Å². The summed E-state index contributed by atoms with van der Waals surface area (Å²) in [6, 6.07) is 0. The lowest BCUT2D eigenvalue weighted by Crippen LogP contribution is -2.40. The molecule has 1 fully saturated rings. The summed E-state index contributed by atoms with van der Waals surface area (Å²) in [6.07, 6.45) is -2.87. The molecule has 0 bridgehead atoms. The Morgan fingerprint density at radius 1 is 1.16 bits per heavy atom. The number of carbonyl (C=O) groups is 2. The Hall–Kier alpha value is -1.53. The van der Waals surface area contributed by atoms with Gasteiger partial charge in [-0.25, -0.2) is 9.59 Å². The number of esters is 1. The largest absolute Gasteiger partial charge is 0.478 e. The van der Waals surface area contributed by atoms with Crippen molar-refractivity contribution < 1.29 is 32.6 Å². The second kappa shape index (κ2) is 6.58. The van der Waals surface area contributed by atoms with E-state index in [2.05, 4.69) is 4.74 Å². The third-order valence-electron chi connectivity index (χ3n) is 3.01. The molecule has 0 heterocycles. The van der Waals surface area contributed by atoms with Crippen LogP contribution >= 0.6 is 0 Å². The number of hydrogen-bond acceptors (Lipinski definition) is 3. The fourth-order valence-corrected chi connectivity index (χ4v) is 2.17. The van der Waals surface area contributed by atoms with E-state index in [0.29, 0.717) is 37.8 Å². The normalized spacial score (nSPS) is 19.3. The average molecular weight is 280 g/mol. The van der Waals surface area contributed by atoms with Crippen LogP contribution in [-0.4, -0.2) is 29.3 Å². The average Bonchev–Trinajstić information content (AvgIpc) is 2.33. The number of alkyl halides is 3. The molecule has 108 valence electrons. The van der Waals surface area contributed by atoms with Crippen LogP contribution in [0.1, 0.15) is 32.1 Å². The Balaban J connectivity index is 2.69. The molecule has 0 aromatic rings. The molecule has 0 aliphatic heterocycles. The zero-order valence-electron chi connectivity index (χ0n) is 10.2. The van der Waals surface area contributed by atoms with Gasteiger partial charge in [0, 0.05) is 18.1 Å². The Morgan fingerprint density at radius 3 is 2.21 bits per heavy atom. The molecule has 1 unspecified atom stereocenters. The Labute approximate surface area is 108 Å². The molecule has 1 saturated carbocycles. The van der Waals surface area contributed by atoms with Crippen molar-refractivity contribution in [2.24, 2.45) is 5.92 Å². The van der Waals surface area contributed by atoms with Crippen LogP contribution in [0.5, 0.6) is 0 Å². The van der Waals surface area contributed by atoms with Crippen LogP contribution < -0.4 is 0 Å². The molecule has 0 radical (unpaired) electrons. The minimum Gasteiger partial charge on any atom is -0.478 e. The van der Waals surface area contributed by atoms with Crippen molar-refractivity contribution in [1.82, 2.24) is 0 Å². The number of aliphatic carboxylic acids is 1. The van der Waals surface area contributed by atoms with E-state index < -0.39 is 30.1 Å². The number of hydrogen-bond donors (Lipinski definition) is 1. The van der Waals surface area contributed by atoms with Crippen LogP contribution in [-0.2, 0) is 14.3 Å². The number of carboxylic acids is 1. The Bertz CT molecular complexity index is 356. The van der Waals surface area contributed by atoms with Gasteiger partial charge in [-0.05, 0) is 12.8 Å². The SMILES string of the molecule is O=C(O)C=CC(=O)OC(C1CCCCC1)C(F)(F)F. The van der Waals surface area contributed by atoms with Crippen molar-refractivity contribution in [2.45, 2.75) is 44.4 Å². The smallest absolute Gasteiger partial charge is 0.425 e. The molecule has 1 rings (SSSR count). The molecule has 0 amide bonds. The third-order valence-corrected chi connectivity index (χ3v) is 3.01. The van der Waals surface area contributed by atoms with E-state index in [1.54, 1.807) is 0 Å². The summed E-state index contributed by atoms with van der Waals surface area (Å²) in [6.45, 7) is 0. The first-order valence-electron chi connectivity index (χ1n) is 5.99. The molecule has 19 heavy (non-hydrogen) atoms. The van der Waals surface area contributed by atoms with Crippen LogP contribution in [0.15, 0.2) is 12.2 Å². The zero-order chi connectivity index (χ0) is 14.5. The summed E-state index contributed by atoms with van der Waals surface area (Å²) >= 11 is 0. The zero-order valence-corrected chi connectivity index (χ0v) is 10.2. The molecule has 0 saturated heterocycles. The van der Waals surface area contributed by atoms with Crippen LogP contribution in [0.25, 0.3) is 0 Å². The summed E-state index contributed by atoms with van der Waals surface area (Å²) in [7, 11) is 0. The fraction of sp³-hybridized carbons (Fsp3) is 0.667. The molecule has 0 aromatic carbocycles. The summed E-state index contributed by atoms with van der Waals surface area (Å²) in [5.41, 5.74) is 0. The van der Waals surface area contributed by atoms with Crippen molar-refractivity contribution in [2.75, 3.05) is 0 Å². The van der Waals surface area contributed by atoms with E-state index in [0.717, 1.165) is 6.42 Å². The topological polar surface area (TPSA) is 63.6 Å². The predicted octanol–water partition coefficient (Wildman–Crippen LogP) is 2.68. The maximum absolute atomic E-state index is 12.8. The maximum atomic E-state index is 12.8. The number of carboxylic acid groups (broad SMARTS) is 1. The second-order valence-corrected chi connectivity index (χ2v) is 4.47. The van der Waals surface area contributed by atoms with Crippen molar-refractivity contribution in [3.63, 3.8) is 0 Å². The van der Waals surface area contributed by atoms with Crippen LogP contribution in [0.4, 0.5) is 13.2 Å². The van der Waals surface area contributed by atoms with E-state index in [4.69, 9.17) is 5.11 Å². The monoisotopic (exact) mass is 280 g/mol. The lowest BCUT2D eigenvalue weighted by Gasteiger charge is -2.30. The Kier molecular flexibility index (Phi) is 5.38. The van der Waals surface area contributed by atoms with E-state index >= 15 is 0 Å². The number of halogens is 3. The third kappa shape index (κ3) is 5.32. The standard InChI is InChI=1S/C12H15F3O4/c13-12(14,15)11(8-4-2-1-3-5-8)19-10(18)7-6-9(16)17/h6-8,11H,1-5H2,(H,16,17). The van der Waals surface area contributed by atoms with Gasteiger partial charge in [0.2, 0.25) is 0 Å². The first kappa shape index (κ1) is 15.5. The van der Waals surface area contributed by atoms with Crippen molar-refractivity contribution in [3.8, 4) is 0 Å². The minimum atomic E-state index is -4.63. The molecule has 1 aliphatic carbocycles. The van der Waals surface area contributed by atoms with Crippen LogP contribution in [0, 0.1) is 5.92 Å². The first-order chi connectivity index (χ1) is 8.80. The molecule has 4 nitrogen and oxygen atoms in total. The molecule has 1 N–H and O–H groups in total. The van der Waals surface area contributed by atoms with E-state index in [-0.39, 0.29) is 0 Å². The summed E-state index contributed by atoms with van der Waals surface area (Å²) in [5, 5.41) is 8.29. The Morgan fingerprint density at radius 2 is 1.74 bits per heavy atom. The lowest BCUT2D eigenvalue weighted by molar-refractivity contribution is -0.234. The summed E-state index contributed by atoms with van der Waals surface area (Å²) < 4.78 is 42.9. The minimum absolute atomic E-state index is 0.361. The molecule has 1 atom stereocenters. The first-order valence-corrected chi connectivity index (χ1v) is 5.99. The van der Waals surface area contributed by atoms with Gasteiger partial charge in [-0.2, -0.15) is 13.2 Å². The lowest BCUT2D eigenvalue weighted by atomic mass is 9.85.